The maximum Gasteiger partial charge on any atom is 0.238 e. The van der Waals surface area contributed by atoms with E-state index in [0.717, 1.165) is 32.1 Å². The van der Waals surface area contributed by atoms with Crippen LogP contribution in [0, 0.1) is 34.5 Å². The minimum absolute atomic E-state index is 0.140. The van der Waals surface area contributed by atoms with Gasteiger partial charge in [-0.25, -0.2) is 0 Å². The Balaban J connectivity index is 1.44. The van der Waals surface area contributed by atoms with Crippen LogP contribution in [0.3, 0.4) is 0 Å². The summed E-state index contributed by atoms with van der Waals surface area (Å²) < 4.78 is 0. The third kappa shape index (κ3) is 2.49. The lowest BCUT2D eigenvalue weighted by Crippen LogP contribution is -2.65. The second-order valence-corrected chi connectivity index (χ2v) is 8.49. The Labute approximate surface area is 142 Å². The molecule has 5 aliphatic rings. The van der Waals surface area contributed by atoms with Crippen LogP contribution in [0.5, 0.6) is 0 Å². The topological polar surface area (TPSA) is 100 Å². The number of nitriles is 2. The second kappa shape index (κ2) is 5.44. The summed E-state index contributed by atoms with van der Waals surface area (Å²) in [6.07, 6.45) is 6.96. The third-order valence-electron chi connectivity index (χ3n) is 6.62. The Kier molecular flexibility index (Phi) is 3.60. The number of hydrogen-bond acceptors (Lipinski definition) is 5. The Morgan fingerprint density at radius 1 is 1.12 bits per heavy atom. The summed E-state index contributed by atoms with van der Waals surface area (Å²) in [7, 11) is 0. The summed E-state index contributed by atoms with van der Waals surface area (Å²) in [5, 5.41) is 32.7. The molecule has 6 nitrogen and oxygen atoms in total. The zero-order valence-corrected chi connectivity index (χ0v) is 13.9. The maximum atomic E-state index is 12.7. The van der Waals surface area contributed by atoms with Crippen molar-refractivity contribution in [2.75, 3.05) is 6.54 Å². The van der Waals surface area contributed by atoms with Gasteiger partial charge < -0.3 is 15.3 Å². The first kappa shape index (κ1) is 15.9. The van der Waals surface area contributed by atoms with Crippen LogP contribution in [-0.2, 0) is 4.79 Å². The van der Waals surface area contributed by atoms with Gasteiger partial charge in [0.05, 0.1) is 24.3 Å². The highest BCUT2D eigenvalue weighted by Crippen LogP contribution is 2.57. The maximum absolute atomic E-state index is 12.7. The standard InChI is InChI=1S/C18H24N4O2/c19-8-14-1-2-15(9-20)22(14)16(23)10-21-17-4-12-3-13(5-17)7-18(24,6-12)11-17/h12-15,21,24H,1-7,10-11H2/t12-,13+,14-,15+,17?,18?. The molecule has 2 N–H and O–H groups in total. The smallest absolute Gasteiger partial charge is 0.238 e. The van der Waals surface area contributed by atoms with Crippen LogP contribution in [0.1, 0.15) is 51.4 Å². The SMILES string of the molecule is N#C[C@@H]1CC[C@H](C#N)N1C(=O)CNC12C[C@@H]3C[C@@H](CC(O)(C3)C1)C2. The highest BCUT2D eigenvalue weighted by molar-refractivity contribution is 5.80. The van der Waals surface area contributed by atoms with Gasteiger partial charge >= 0.3 is 0 Å². The van der Waals surface area contributed by atoms with Crippen LogP contribution in [0.15, 0.2) is 0 Å². The molecule has 4 bridgehead atoms. The van der Waals surface area contributed by atoms with E-state index < -0.39 is 17.7 Å². The van der Waals surface area contributed by atoms with Gasteiger partial charge in [0.2, 0.25) is 5.91 Å². The molecule has 1 heterocycles. The van der Waals surface area contributed by atoms with Crippen molar-refractivity contribution in [2.45, 2.75) is 74.6 Å². The first-order chi connectivity index (χ1) is 11.5. The molecule has 5 fully saturated rings. The van der Waals surface area contributed by atoms with E-state index in [0.29, 0.717) is 24.7 Å². The van der Waals surface area contributed by atoms with Crippen LogP contribution < -0.4 is 5.32 Å². The number of rotatable bonds is 3. The van der Waals surface area contributed by atoms with E-state index in [-0.39, 0.29) is 18.0 Å². The van der Waals surface area contributed by atoms with Crippen LogP contribution in [0.25, 0.3) is 0 Å². The lowest BCUT2D eigenvalue weighted by molar-refractivity contribution is -0.147. The van der Waals surface area contributed by atoms with E-state index >= 15 is 0 Å². The van der Waals surface area contributed by atoms with Crippen molar-refractivity contribution in [3.63, 3.8) is 0 Å². The molecule has 0 aromatic rings. The number of carbonyl (C=O) groups excluding carboxylic acids is 1. The van der Waals surface area contributed by atoms with Gasteiger partial charge in [-0.3, -0.25) is 4.79 Å². The fourth-order valence-corrected chi connectivity index (χ4v) is 6.19. The van der Waals surface area contributed by atoms with Crippen LogP contribution >= 0.6 is 0 Å². The van der Waals surface area contributed by atoms with Crippen molar-refractivity contribution in [2.24, 2.45) is 11.8 Å². The average molecular weight is 328 g/mol. The zero-order chi connectivity index (χ0) is 16.9. The van der Waals surface area contributed by atoms with Crippen molar-refractivity contribution in [1.82, 2.24) is 10.2 Å². The largest absolute Gasteiger partial charge is 0.390 e. The summed E-state index contributed by atoms with van der Waals surface area (Å²) in [6, 6.07) is 3.33. The van der Waals surface area contributed by atoms with Gasteiger partial charge in [0.1, 0.15) is 12.1 Å². The molecular weight excluding hydrogens is 304 g/mol. The minimum Gasteiger partial charge on any atom is -0.390 e. The fourth-order valence-electron chi connectivity index (χ4n) is 6.19. The molecule has 128 valence electrons. The van der Waals surface area contributed by atoms with Crippen LogP contribution in [0.4, 0.5) is 0 Å². The monoisotopic (exact) mass is 328 g/mol. The first-order valence-electron chi connectivity index (χ1n) is 9.04. The predicted molar refractivity (Wildman–Crippen MR) is 85.2 cm³/mol. The molecule has 1 saturated heterocycles. The van der Waals surface area contributed by atoms with Gasteiger partial charge in [-0.15, -0.1) is 0 Å². The number of likely N-dealkylation sites (tertiary alicyclic amines) is 1. The van der Waals surface area contributed by atoms with Gasteiger partial charge in [-0.05, 0) is 63.2 Å². The number of nitrogens with one attached hydrogen (secondary N) is 1. The Morgan fingerprint density at radius 3 is 2.21 bits per heavy atom. The highest BCUT2D eigenvalue weighted by atomic mass is 16.3. The lowest BCUT2D eigenvalue weighted by Gasteiger charge is -2.60. The molecule has 4 aliphatic carbocycles. The number of nitrogens with zero attached hydrogens (tertiary/aromatic N) is 3. The first-order valence-corrected chi connectivity index (χ1v) is 9.04. The van der Waals surface area contributed by atoms with E-state index in [1.165, 1.54) is 11.3 Å². The van der Waals surface area contributed by atoms with Gasteiger partial charge in [0, 0.05) is 5.54 Å². The number of amides is 1. The van der Waals surface area contributed by atoms with Crippen molar-refractivity contribution >= 4 is 5.91 Å². The Hall–Kier alpha value is -1.63. The number of hydrogen-bond donors (Lipinski definition) is 2. The molecule has 1 aliphatic heterocycles. The molecule has 0 radical (unpaired) electrons. The molecule has 1 amide bonds. The second-order valence-electron chi connectivity index (χ2n) is 8.49. The molecular formula is C18H24N4O2. The van der Waals surface area contributed by atoms with E-state index in [2.05, 4.69) is 17.5 Å². The minimum atomic E-state index is -0.557. The van der Waals surface area contributed by atoms with Crippen LogP contribution in [0.2, 0.25) is 0 Å². The fraction of sp³-hybridized carbons (Fsp3) is 0.833. The van der Waals surface area contributed by atoms with Gasteiger partial charge in [-0.2, -0.15) is 10.5 Å². The van der Waals surface area contributed by atoms with Crippen molar-refractivity contribution in [1.29, 1.82) is 10.5 Å². The molecule has 2 unspecified atom stereocenters. The average Bonchev–Trinajstić information content (AvgIpc) is 2.93. The molecule has 0 aromatic carbocycles. The lowest BCUT2D eigenvalue weighted by atomic mass is 9.51. The number of aliphatic hydroxyl groups is 1. The normalized spacial score (nSPS) is 45.9. The summed E-state index contributed by atoms with van der Waals surface area (Å²) in [5.74, 6) is 0.960. The van der Waals surface area contributed by atoms with Crippen molar-refractivity contribution in [3.05, 3.63) is 0 Å². The van der Waals surface area contributed by atoms with E-state index in [4.69, 9.17) is 0 Å². The molecule has 0 aromatic heterocycles. The third-order valence-corrected chi connectivity index (χ3v) is 6.62. The summed E-state index contributed by atoms with van der Waals surface area (Å²) >= 11 is 0. The predicted octanol–water partition coefficient (Wildman–Crippen LogP) is 1.07. The zero-order valence-electron chi connectivity index (χ0n) is 13.9. The summed E-state index contributed by atoms with van der Waals surface area (Å²) in [6.45, 7) is 0.159. The molecule has 24 heavy (non-hydrogen) atoms. The van der Waals surface area contributed by atoms with Gasteiger partial charge in [-0.1, -0.05) is 0 Å². The van der Waals surface area contributed by atoms with E-state index in [1.807, 2.05) is 0 Å². The summed E-state index contributed by atoms with van der Waals surface area (Å²) in [5.41, 5.74) is -0.698. The van der Waals surface area contributed by atoms with Gasteiger partial charge in [0.15, 0.2) is 0 Å². The van der Waals surface area contributed by atoms with E-state index in [9.17, 15) is 20.4 Å². The van der Waals surface area contributed by atoms with Crippen LogP contribution in [-0.4, -0.2) is 45.7 Å². The quantitative estimate of drug-likeness (QED) is 0.807. The molecule has 6 atom stereocenters. The highest BCUT2D eigenvalue weighted by Gasteiger charge is 2.57. The Bertz CT molecular complexity index is 598. The number of carbonyl (C=O) groups is 1. The molecule has 0 spiro atoms. The summed E-state index contributed by atoms with van der Waals surface area (Å²) in [4.78, 5) is 14.1. The molecule has 6 heteroatoms. The van der Waals surface area contributed by atoms with Crippen molar-refractivity contribution in [3.8, 4) is 12.1 Å². The van der Waals surface area contributed by atoms with Crippen molar-refractivity contribution < 1.29 is 9.90 Å². The van der Waals surface area contributed by atoms with Gasteiger partial charge in [0.25, 0.3) is 0 Å². The Morgan fingerprint density at radius 2 is 1.71 bits per heavy atom. The molecule has 4 saturated carbocycles. The molecule has 5 rings (SSSR count). The van der Waals surface area contributed by atoms with E-state index in [1.54, 1.807) is 0 Å².